The van der Waals surface area contributed by atoms with Crippen LogP contribution in [0.1, 0.15) is 26.7 Å². The van der Waals surface area contributed by atoms with Crippen LogP contribution in [0.4, 0.5) is 17.1 Å². The van der Waals surface area contributed by atoms with Gasteiger partial charge < -0.3 is 15.8 Å². The molecule has 3 N–H and O–H groups in total. The van der Waals surface area contributed by atoms with Crippen molar-refractivity contribution in [2.45, 2.75) is 32.8 Å². The number of anilines is 2. The highest BCUT2D eigenvalue weighted by molar-refractivity contribution is 5.61. The minimum Gasteiger partial charge on any atom is -0.398 e. The molecule has 0 aromatic heterocycles. The van der Waals surface area contributed by atoms with E-state index in [2.05, 4.69) is 5.32 Å². The van der Waals surface area contributed by atoms with Crippen molar-refractivity contribution in [3.63, 3.8) is 0 Å². The molecule has 0 saturated carbocycles. The van der Waals surface area contributed by atoms with Gasteiger partial charge in [-0.05, 0) is 32.8 Å². The minimum absolute atomic E-state index is 0.00522. The van der Waals surface area contributed by atoms with E-state index < -0.39 is 4.92 Å². The molecule has 0 heterocycles. The molecule has 0 saturated heterocycles. The van der Waals surface area contributed by atoms with Crippen molar-refractivity contribution in [2.75, 3.05) is 24.2 Å². The van der Waals surface area contributed by atoms with Crippen LogP contribution in [0.25, 0.3) is 0 Å². The predicted molar refractivity (Wildman–Crippen MR) is 76.3 cm³/mol. The molecular formula is C13H21N3O3. The molecule has 0 bridgehead atoms. The Bertz CT molecular complexity index is 422. The molecule has 0 amide bonds. The van der Waals surface area contributed by atoms with E-state index in [1.807, 2.05) is 13.8 Å². The topological polar surface area (TPSA) is 90.4 Å². The van der Waals surface area contributed by atoms with Crippen molar-refractivity contribution in [2.24, 2.45) is 0 Å². The monoisotopic (exact) mass is 267 g/mol. The fraction of sp³-hybridized carbons (Fsp3) is 0.538. The summed E-state index contributed by atoms with van der Waals surface area (Å²) in [4.78, 5) is 10.2. The third-order valence-electron chi connectivity index (χ3n) is 2.50. The summed E-state index contributed by atoms with van der Waals surface area (Å²) in [7, 11) is 0. The average molecular weight is 267 g/mol. The van der Waals surface area contributed by atoms with Crippen LogP contribution in [0.5, 0.6) is 0 Å². The number of benzene rings is 1. The normalized spacial score (nSPS) is 10.7. The maximum absolute atomic E-state index is 10.7. The molecule has 0 radical (unpaired) electrons. The molecule has 19 heavy (non-hydrogen) atoms. The van der Waals surface area contributed by atoms with Gasteiger partial charge in [-0.1, -0.05) is 0 Å². The maximum Gasteiger partial charge on any atom is 0.273 e. The van der Waals surface area contributed by atoms with Crippen LogP contribution in [-0.2, 0) is 4.74 Å². The molecule has 0 unspecified atom stereocenters. The summed E-state index contributed by atoms with van der Waals surface area (Å²) in [5.74, 6) is 0. The minimum atomic E-state index is -0.446. The smallest absolute Gasteiger partial charge is 0.273 e. The van der Waals surface area contributed by atoms with E-state index in [0.717, 1.165) is 26.0 Å². The molecule has 0 aliphatic heterocycles. The number of ether oxygens (including phenoxy) is 1. The van der Waals surface area contributed by atoms with Gasteiger partial charge in [0.25, 0.3) is 5.69 Å². The number of nitro benzene ring substituents is 1. The van der Waals surface area contributed by atoms with Crippen LogP contribution < -0.4 is 11.1 Å². The first kappa shape index (κ1) is 15.2. The zero-order chi connectivity index (χ0) is 14.3. The number of hydrogen-bond donors (Lipinski definition) is 2. The van der Waals surface area contributed by atoms with Crippen molar-refractivity contribution in [3.05, 3.63) is 28.3 Å². The number of nitrogens with two attached hydrogens (primary N) is 1. The quantitative estimate of drug-likeness (QED) is 0.327. The van der Waals surface area contributed by atoms with Gasteiger partial charge in [0.05, 0.1) is 11.0 Å². The average Bonchev–Trinajstić information content (AvgIpc) is 2.32. The summed E-state index contributed by atoms with van der Waals surface area (Å²) in [6.45, 7) is 5.48. The lowest BCUT2D eigenvalue weighted by Crippen LogP contribution is -2.07. The van der Waals surface area contributed by atoms with Gasteiger partial charge in [0.15, 0.2) is 0 Å². The van der Waals surface area contributed by atoms with E-state index in [-0.39, 0.29) is 11.8 Å². The Morgan fingerprint density at radius 2 is 2.11 bits per heavy atom. The third-order valence-corrected chi connectivity index (χ3v) is 2.50. The van der Waals surface area contributed by atoms with E-state index in [4.69, 9.17) is 10.5 Å². The second-order valence-corrected chi connectivity index (χ2v) is 4.62. The van der Waals surface area contributed by atoms with Crippen molar-refractivity contribution < 1.29 is 9.66 Å². The number of nitrogen functional groups attached to an aromatic ring is 1. The molecule has 0 aliphatic carbocycles. The second kappa shape index (κ2) is 7.58. The largest absolute Gasteiger partial charge is 0.398 e. The Morgan fingerprint density at radius 1 is 1.37 bits per heavy atom. The van der Waals surface area contributed by atoms with Gasteiger partial charge in [0, 0.05) is 36.7 Å². The molecule has 0 atom stereocenters. The zero-order valence-electron chi connectivity index (χ0n) is 11.4. The van der Waals surface area contributed by atoms with Crippen LogP contribution in [0, 0.1) is 10.1 Å². The Kier molecular flexibility index (Phi) is 6.08. The molecule has 106 valence electrons. The van der Waals surface area contributed by atoms with Crippen molar-refractivity contribution >= 4 is 17.1 Å². The van der Waals surface area contributed by atoms with Crippen molar-refractivity contribution in [1.82, 2.24) is 0 Å². The van der Waals surface area contributed by atoms with Crippen LogP contribution in [0.3, 0.4) is 0 Å². The number of unbranched alkanes of at least 4 members (excludes halogenated alkanes) is 1. The van der Waals surface area contributed by atoms with Gasteiger partial charge in [-0.25, -0.2) is 0 Å². The predicted octanol–water partition coefficient (Wildman–Crippen LogP) is 2.79. The van der Waals surface area contributed by atoms with E-state index in [0.29, 0.717) is 11.4 Å². The van der Waals surface area contributed by atoms with Crippen LogP contribution in [0.15, 0.2) is 18.2 Å². The van der Waals surface area contributed by atoms with Gasteiger partial charge >= 0.3 is 0 Å². The first-order valence-corrected chi connectivity index (χ1v) is 6.39. The van der Waals surface area contributed by atoms with E-state index in [9.17, 15) is 10.1 Å². The van der Waals surface area contributed by atoms with Crippen LogP contribution in [0.2, 0.25) is 0 Å². The summed E-state index contributed by atoms with van der Waals surface area (Å²) < 4.78 is 5.43. The lowest BCUT2D eigenvalue weighted by Gasteiger charge is -2.09. The Labute approximate surface area is 113 Å². The molecule has 1 aromatic carbocycles. The molecule has 6 nitrogen and oxygen atoms in total. The van der Waals surface area contributed by atoms with Gasteiger partial charge in [0.2, 0.25) is 0 Å². The fourth-order valence-electron chi connectivity index (χ4n) is 1.62. The molecule has 1 rings (SSSR count). The number of nitro groups is 1. The highest BCUT2D eigenvalue weighted by atomic mass is 16.6. The lowest BCUT2D eigenvalue weighted by molar-refractivity contribution is -0.384. The number of nitrogens with one attached hydrogen (secondary N) is 1. The molecule has 0 fully saturated rings. The van der Waals surface area contributed by atoms with Crippen molar-refractivity contribution in [1.29, 1.82) is 0 Å². The summed E-state index contributed by atoms with van der Waals surface area (Å²) in [6, 6.07) is 4.53. The SMILES string of the molecule is CC(C)OCCCCNc1cc(N)cc([N+](=O)[O-])c1. The first-order valence-electron chi connectivity index (χ1n) is 6.39. The lowest BCUT2D eigenvalue weighted by atomic mass is 10.2. The summed E-state index contributed by atoms with van der Waals surface area (Å²) in [6.07, 6.45) is 2.15. The zero-order valence-corrected chi connectivity index (χ0v) is 11.4. The molecular weight excluding hydrogens is 246 g/mol. The van der Waals surface area contributed by atoms with Gasteiger partial charge in [-0.3, -0.25) is 10.1 Å². The van der Waals surface area contributed by atoms with Crippen LogP contribution in [-0.4, -0.2) is 24.2 Å². The van der Waals surface area contributed by atoms with Crippen LogP contribution >= 0.6 is 0 Å². The molecule has 0 spiro atoms. The van der Waals surface area contributed by atoms with E-state index in [1.54, 1.807) is 6.07 Å². The Balaban J connectivity index is 2.35. The van der Waals surface area contributed by atoms with E-state index >= 15 is 0 Å². The number of nitrogens with zero attached hydrogens (tertiary/aromatic N) is 1. The summed E-state index contributed by atoms with van der Waals surface area (Å²) >= 11 is 0. The van der Waals surface area contributed by atoms with E-state index in [1.165, 1.54) is 12.1 Å². The summed E-state index contributed by atoms with van der Waals surface area (Å²) in [5, 5.41) is 13.8. The number of hydrogen-bond acceptors (Lipinski definition) is 5. The Hall–Kier alpha value is -1.82. The van der Waals surface area contributed by atoms with Gasteiger partial charge in [-0.2, -0.15) is 0 Å². The molecule has 1 aromatic rings. The van der Waals surface area contributed by atoms with Crippen molar-refractivity contribution in [3.8, 4) is 0 Å². The fourth-order valence-corrected chi connectivity index (χ4v) is 1.62. The number of rotatable bonds is 8. The maximum atomic E-state index is 10.7. The standard InChI is InChI=1S/C13H21N3O3/c1-10(2)19-6-4-3-5-15-12-7-11(14)8-13(9-12)16(17)18/h7-10,15H,3-6,14H2,1-2H3. The summed E-state index contributed by atoms with van der Waals surface area (Å²) in [5.41, 5.74) is 6.69. The molecule has 0 aliphatic rings. The number of non-ortho nitro benzene ring substituents is 1. The first-order chi connectivity index (χ1) is 8.99. The highest BCUT2D eigenvalue weighted by Crippen LogP contribution is 2.22. The highest BCUT2D eigenvalue weighted by Gasteiger charge is 2.07. The third kappa shape index (κ3) is 6.05. The molecule has 6 heteroatoms. The van der Waals surface area contributed by atoms with Gasteiger partial charge in [0.1, 0.15) is 0 Å². The van der Waals surface area contributed by atoms with Gasteiger partial charge in [-0.15, -0.1) is 0 Å². The second-order valence-electron chi connectivity index (χ2n) is 4.62. The Morgan fingerprint density at radius 3 is 2.74 bits per heavy atom.